The van der Waals surface area contributed by atoms with Gasteiger partial charge in [-0.15, -0.1) is 11.3 Å². The van der Waals surface area contributed by atoms with E-state index >= 15 is 0 Å². The molecule has 0 spiro atoms. The molecule has 29 heavy (non-hydrogen) atoms. The Hall–Kier alpha value is -1.75. The van der Waals surface area contributed by atoms with Crippen molar-refractivity contribution in [3.8, 4) is 0 Å². The Kier molecular flexibility index (Phi) is 6.77. The minimum atomic E-state index is -4.56. The van der Waals surface area contributed by atoms with E-state index in [4.69, 9.17) is 0 Å². The summed E-state index contributed by atoms with van der Waals surface area (Å²) in [5.74, 6) is 0.947. The molecule has 11 heteroatoms. The number of fused-ring (bicyclic) bond motifs is 3. The Morgan fingerprint density at radius 2 is 2.21 bits per heavy atom. The molecule has 1 aliphatic rings. The molecule has 3 rings (SSSR count). The molecule has 2 aromatic heterocycles. The van der Waals surface area contributed by atoms with Crippen molar-refractivity contribution in [3.63, 3.8) is 0 Å². The van der Waals surface area contributed by atoms with Crippen LogP contribution in [-0.4, -0.2) is 40.7 Å². The number of ether oxygens (including phenoxy) is 1. The normalized spacial score (nSPS) is 16.7. The third kappa shape index (κ3) is 5.25. The van der Waals surface area contributed by atoms with Crippen LogP contribution in [0, 0.1) is 5.92 Å². The summed E-state index contributed by atoms with van der Waals surface area (Å²) in [5, 5.41) is 3.53. The number of nitrogens with one attached hydrogen (secondary N) is 1. The minimum Gasteiger partial charge on any atom is -0.440 e. The number of aromatic nitrogens is 2. The molecule has 1 atom stereocenters. The summed E-state index contributed by atoms with van der Waals surface area (Å²) >= 11 is 2.85. The molecule has 0 radical (unpaired) electrons. The van der Waals surface area contributed by atoms with Gasteiger partial charge in [0.25, 0.3) is 5.56 Å². The standard InChI is InChI=1S/C18H22F3N3O3S2/c1-3-24-15(25)13-11-5-4-10(2)8-12(11)29-14(13)23-16(24)28-7-6-22-17(26)27-9-18(19,20)21/h10H,3-9H2,1-2H3,(H,22,26). The van der Waals surface area contributed by atoms with E-state index in [0.717, 1.165) is 35.0 Å². The first-order valence-corrected chi connectivity index (χ1v) is 11.1. The summed E-state index contributed by atoms with van der Waals surface area (Å²) in [7, 11) is 0. The molecule has 1 unspecified atom stereocenters. The maximum atomic E-state index is 13.0. The SMILES string of the molecule is CCn1c(SCCNC(=O)OCC(F)(F)F)nc2sc3c(c2c1=O)CCC(C)C3. The van der Waals surface area contributed by atoms with Gasteiger partial charge in [-0.1, -0.05) is 18.7 Å². The van der Waals surface area contributed by atoms with Gasteiger partial charge in [0.2, 0.25) is 0 Å². The highest BCUT2D eigenvalue weighted by Gasteiger charge is 2.29. The van der Waals surface area contributed by atoms with E-state index < -0.39 is 18.9 Å². The summed E-state index contributed by atoms with van der Waals surface area (Å²) in [4.78, 5) is 31.0. The van der Waals surface area contributed by atoms with Crippen LogP contribution in [0.4, 0.5) is 18.0 Å². The Balaban J connectivity index is 1.68. The molecule has 0 fully saturated rings. The maximum absolute atomic E-state index is 13.0. The van der Waals surface area contributed by atoms with Crippen LogP contribution in [0.1, 0.15) is 30.7 Å². The van der Waals surface area contributed by atoms with Crippen LogP contribution in [0.15, 0.2) is 9.95 Å². The zero-order chi connectivity index (χ0) is 21.2. The van der Waals surface area contributed by atoms with Crippen molar-refractivity contribution in [2.45, 2.75) is 51.0 Å². The largest absolute Gasteiger partial charge is 0.440 e. The lowest BCUT2D eigenvalue weighted by atomic mass is 9.89. The van der Waals surface area contributed by atoms with Gasteiger partial charge in [-0.2, -0.15) is 13.2 Å². The van der Waals surface area contributed by atoms with Crippen LogP contribution in [0.25, 0.3) is 10.2 Å². The van der Waals surface area contributed by atoms with E-state index in [-0.39, 0.29) is 12.1 Å². The molecule has 2 heterocycles. The molecule has 0 saturated carbocycles. The fourth-order valence-corrected chi connectivity index (χ4v) is 5.63. The second kappa shape index (κ2) is 8.95. The van der Waals surface area contributed by atoms with Gasteiger partial charge in [-0.3, -0.25) is 9.36 Å². The third-order valence-electron chi connectivity index (χ3n) is 4.67. The second-order valence-electron chi connectivity index (χ2n) is 6.94. The number of amides is 1. The first kappa shape index (κ1) is 21.9. The third-order valence-corrected chi connectivity index (χ3v) is 6.79. The van der Waals surface area contributed by atoms with Gasteiger partial charge in [0.1, 0.15) is 4.83 Å². The first-order valence-electron chi connectivity index (χ1n) is 9.34. The number of alkyl halides is 3. The van der Waals surface area contributed by atoms with Crippen LogP contribution in [0.5, 0.6) is 0 Å². The molecule has 1 aliphatic carbocycles. The number of hydrogen-bond acceptors (Lipinski definition) is 6. The van der Waals surface area contributed by atoms with Crippen LogP contribution in [0.3, 0.4) is 0 Å². The summed E-state index contributed by atoms with van der Waals surface area (Å²) in [6.45, 7) is 3.01. The summed E-state index contributed by atoms with van der Waals surface area (Å²) < 4.78 is 41.8. The number of nitrogens with zero attached hydrogens (tertiary/aromatic N) is 2. The molecule has 6 nitrogen and oxygen atoms in total. The lowest BCUT2D eigenvalue weighted by Gasteiger charge is -2.17. The van der Waals surface area contributed by atoms with Crippen LogP contribution in [0.2, 0.25) is 0 Å². The van der Waals surface area contributed by atoms with Gasteiger partial charge in [0.15, 0.2) is 11.8 Å². The van der Waals surface area contributed by atoms with E-state index in [9.17, 15) is 22.8 Å². The highest BCUT2D eigenvalue weighted by atomic mass is 32.2. The van der Waals surface area contributed by atoms with Crippen LogP contribution in [-0.2, 0) is 24.1 Å². The van der Waals surface area contributed by atoms with E-state index in [1.165, 1.54) is 16.6 Å². The topological polar surface area (TPSA) is 73.2 Å². The van der Waals surface area contributed by atoms with E-state index in [0.29, 0.717) is 23.4 Å². The molecule has 1 amide bonds. The van der Waals surface area contributed by atoms with Crippen molar-refractivity contribution < 1.29 is 22.7 Å². The number of carbonyl (C=O) groups is 1. The maximum Gasteiger partial charge on any atom is 0.422 e. The molecule has 0 aromatic carbocycles. The van der Waals surface area contributed by atoms with Gasteiger partial charge in [0.05, 0.1) is 5.39 Å². The van der Waals surface area contributed by atoms with Crippen molar-refractivity contribution in [2.24, 2.45) is 5.92 Å². The predicted molar refractivity (Wildman–Crippen MR) is 107 cm³/mol. The smallest absolute Gasteiger partial charge is 0.422 e. The number of hydrogen-bond donors (Lipinski definition) is 1. The molecule has 160 valence electrons. The Morgan fingerprint density at radius 1 is 1.45 bits per heavy atom. The molecule has 2 aromatic rings. The fourth-order valence-electron chi connectivity index (χ4n) is 3.29. The number of halogens is 3. The van der Waals surface area contributed by atoms with Gasteiger partial charge < -0.3 is 10.1 Å². The van der Waals surface area contributed by atoms with Gasteiger partial charge in [-0.05, 0) is 37.7 Å². The molecule has 0 bridgehead atoms. The highest BCUT2D eigenvalue weighted by molar-refractivity contribution is 7.99. The summed E-state index contributed by atoms with van der Waals surface area (Å²) in [5.41, 5.74) is 1.08. The van der Waals surface area contributed by atoms with Crippen molar-refractivity contribution in [3.05, 3.63) is 20.8 Å². The average molecular weight is 450 g/mol. The molecule has 1 N–H and O–H groups in total. The molecular weight excluding hydrogens is 427 g/mol. The zero-order valence-electron chi connectivity index (χ0n) is 16.1. The minimum absolute atomic E-state index is 0.0513. The number of rotatable bonds is 6. The number of alkyl carbamates (subject to hydrolysis) is 1. The average Bonchev–Trinajstić information content (AvgIpc) is 3.00. The van der Waals surface area contributed by atoms with E-state index in [2.05, 4.69) is 22.0 Å². The monoisotopic (exact) mass is 449 g/mol. The number of thioether (sulfide) groups is 1. The van der Waals surface area contributed by atoms with Crippen molar-refractivity contribution in [1.82, 2.24) is 14.9 Å². The Bertz CT molecular complexity index is 956. The van der Waals surface area contributed by atoms with Crippen LogP contribution >= 0.6 is 23.1 Å². The summed E-state index contributed by atoms with van der Waals surface area (Å²) in [6, 6.07) is 0. The number of aryl methyl sites for hydroxylation is 1. The van der Waals surface area contributed by atoms with Gasteiger partial charge in [0, 0.05) is 23.7 Å². The zero-order valence-corrected chi connectivity index (χ0v) is 17.7. The summed E-state index contributed by atoms with van der Waals surface area (Å²) in [6.07, 6.45) is -2.75. The Morgan fingerprint density at radius 3 is 2.90 bits per heavy atom. The first-order chi connectivity index (χ1) is 13.7. The predicted octanol–water partition coefficient (Wildman–Crippen LogP) is 3.98. The van der Waals surface area contributed by atoms with Crippen molar-refractivity contribution in [2.75, 3.05) is 18.9 Å². The quantitative estimate of drug-likeness (QED) is 0.410. The van der Waals surface area contributed by atoms with E-state index in [1.807, 2.05) is 6.92 Å². The lowest BCUT2D eigenvalue weighted by Crippen LogP contribution is -2.30. The van der Waals surface area contributed by atoms with Gasteiger partial charge >= 0.3 is 12.3 Å². The molecule has 0 saturated heterocycles. The van der Waals surface area contributed by atoms with E-state index in [1.54, 1.807) is 15.9 Å². The molecular formula is C18H22F3N3O3S2. The second-order valence-corrected chi connectivity index (χ2v) is 9.09. The fraction of sp³-hybridized carbons (Fsp3) is 0.611. The lowest BCUT2D eigenvalue weighted by molar-refractivity contribution is -0.160. The highest BCUT2D eigenvalue weighted by Crippen LogP contribution is 2.36. The molecule has 0 aliphatic heterocycles. The van der Waals surface area contributed by atoms with Crippen molar-refractivity contribution in [1.29, 1.82) is 0 Å². The van der Waals surface area contributed by atoms with Crippen LogP contribution < -0.4 is 10.9 Å². The number of thiophene rings is 1. The van der Waals surface area contributed by atoms with Gasteiger partial charge in [-0.25, -0.2) is 9.78 Å². The number of carbonyl (C=O) groups excluding carboxylic acids is 1. The van der Waals surface area contributed by atoms with Crippen molar-refractivity contribution >= 4 is 39.4 Å². The Labute approximate surface area is 173 Å².